The summed E-state index contributed by atoms with van der Waals surface area (Å²) < 4.78 is 12.0. The third-order valence-electron chi connectivity index (χ3n) is 4.47. The van der Waals surface area contributed by atoms with Crippen molar-refractivity contribution in [2.45, 2.75) is 73.0 Å². The predicted molar refractivity (Wildman–Crippen MR) is 127 cm³/mol. The van der Waals surface area contributed by atoms with Crippen molar-refractivity contribution >= 4 is 43.2 Å². The van der Waals surface area contributed by atoms with E-state index >= 15 is 0 Å². The summed E-state index contributed by atoms with van der Waals surface area (Å²) in [6.45, 7) is 14.5. The molecular weight excluding hydrogens is 425 g/mol. The summed E-state index contributed by atoms with van der Waals surface area (Å²) in [5.74, 6) is 2.91. The number of ether oxygens (including phenoxy) is 2. The van der Waals surface area contributed by atoms with Crippen molar-refractivity contribution < 1.29 is 9.47 Å². The van der Waals surface area contributed by atoms with Gasteiger partial charge >= 0.3 is 0 Å². The number of hydrogen-bond acceptors (Lipinski definition) is 6. The molecule has 0 N–H and O–H groups in total. The van der Waals surface area contributed by atoms with Crippen LogP contribution in [0.4, 0.5) is 0 Å². The first kappa shape index (κ1) is 22.1. The molecule has 1 aliphatic heterocycles. The fourth-order valence-corrected chi connectivity index (χ4v) is 9.56. The first-order valence-corrected chi connectivity index (χ1v) is 14.1. The van der Waals surface area contributed by atoms with Crippen molar-refractivity contribution in [1.29, 1.82) is 0 Å². The summed E-state index contributed by atoms with van der Waals surface area (Å²) >= 11 is 0. The predicted octanol–water partition coefficient (Wildman–Crippen LogP) is 8.64. The lowest BCUT2D eigenvalue weighted by Crippen LogP contribution is -2.01. The van der Waals surface area contributed by atoms with E-state index in [-0.39, 0.29) is 0 Å². The molecule has 0 spiro atoms. The van der Waals surface area contributed by atoms with Crippen LogP contribution < -0.4 is 9.47 Å². The Hall–Kier alpha value is -0.560. The minimum absolute atomic E-state index is 0.468. The van der Waals surface area contributed by atoms with Gasteiger partial charge in [0.2, 0.25) is 0 Å². The molecule has 0 aromatic heterocycles. The van der Waals surface area contributed by atoms with E-state index in [9.17, 15) is 0 Å². The molecule has 0 aliphatic carbocycles. The summed E-state index contributed by atoms with van der Waals surface area (Å²) in [7, 11) is 7.33. The van der Waals surface area contributed by atoms with E-state index in [0.717, 1.165) is 11.5 Å². The molecule has 0 amide bonds. The second-order valence-corrected chi connectivity index (χ2v) is 11.4. The first-order chi connectivity index (χ1) is 13.5. The van der Waals surface area contributed by atoms with Crippen molar-refractivity contribution in [3.8, 4) is 11.5 Å². The largest absolute Gasteiger partial charge is 0.493 e. The minimum atomic E-state index is 0.468. The van der Waals surface area contributed by atoms with E-state index in [1.54, 1.807) is 0 Å². The smallest absolute Gasteiger partial charge is 0.134 e. The fourth-order valence-electron chi connectivity index (χ4n) is 3.06. The lowest BCUT2D eigenvalue weighted by molar-refractivity contribution is 0.330. The molecule has 28 heavy (non-hydrogen) atoms. The molecule has 0 saturated heterocycles. The van der Waals surface area contributed by atoms with Gasteiger partial charge in [0.15, 0.2) is 0 Å². The van der Waals surface area contributed by atoms with Crippen LogP contribution in [0.3, 0.4) is 0 Å². The second-order valence-electron chi connectivity index (χ2n) is 7.13. The molecule has 0 fully saturated rings. The van der Waals surface area contributed by atoms with Gasteiger partial charge in [0, 0.05) is 9.79 Å². The maximum atomic E-state index is 5.98. The van der Waals surface area contributed by atoms with E-state index in [0.29, 0.717) is 25.0 Å². The molecule has 0 atom stereocenters. The molecule has 2 aromatic rings. The Morgan fingerprint density at radius 1 is 0.607 bits per heavy atom. The van der Waals surface area contributed by atoms with E-state index < -0.39 is 0 Å². The van der Waals surface area contributed by atoms with Crippen LogP contribution in [-0.2, 0) is 0 Å². The Morgan fingerprint density at radius 2 is 0.964 bits per heavy atom. The minimum Gasteiger partial charge on any atom is -0.493 e. The zero-order valence-electron chi connectivity index (χ0n) is 17.3. The maximum Gasteiger partial charge on any atom is 0.134 e. The highest BCUT2D eigenvalue weighted by Gasteiger charge is 2.26. The average molecular weight is 453 g/mol. The molecule has 0 unspecified atom stereocenters. The lowest BCUT2D eigenvalue weighted by Gasteiger charge is -2.24. The number of fused-ring (bicyclic) bond motifs is 2. The van der Waals surface area contributed by atoms with Crippen LogP contribution >= 0.6 is 43.2 Å². The third kappa shape index (κ3) is 4.61. The number of benzene rings is 2. The van der Waals surface area contributed by atoms with Gasteiger partial charge in [0.1, 0.15) is 11.5 Å². The Morgan fingerprint density at radius 3 is 1.29 bits per heavy atom. The molecule has 2 nitrogen and oxygen atoms in total. The van der Waals surface area contributed by atoms with Gasteiger partial charge in [0.25, 0.3) is 0 Å². The molecule has 3 rings (SSSR count). The Kier molecular flexibility index (Phi) is 7.88. The van der Waals surface area contributed by atoms with Gasteiger partial charge in [-0.3, -0.25) is 0 Å². The molecule has 0 radical (unpaired) electrons. The van der Waals surface area contributed by atoms with Gasteiger partial charge in [-0.1, -0.05) is 61.4 Å². The van der Waals surface area contributed by atoms with E-state index in [1.165, 1.54) is 30.7 Å². The zero-order valence-corrected chi connectivity index (χ0v) is 20.6. The highest BCUT2D eigenvalue weighted by atomic mass is 33.1. The summed E-state index contributed by atoms with van der Waals surface area (Å²) in [5, 5.41) is 0. The summed E-state index contributed by atoms with van der Waals surface area (Å²) in [6, 6.07) is 8.73. The third-order valence-corrected chi connectivity index (χ3v) is 9.76. The molecule has 2 aromatic carbocycles. The Bertz CT molecular complexity index is 764. The van der Waals surface area contributed by atoms with E-state index in [4.69, 9.17) is 9.47 Å². The highest BCUT2D eigenvalue weighted by Crippen LogP contribution is 2.60. The van der Waals surface area contributed by atoms with Gasteiger partial charge in [0.05, 0.1) is 23.0 Å². The van der Waals surface area contributed by atoms with Crippen LogP contribution in [0.2, 0.25) is 0 Å². The van der Waals surface area contributed by atoms with Crippen LogP contribution in [-0.4, -0.2) is 13.2 Å². The van der Waals surface area contributed by atoms with Gasteiger partial charge in [-0.2, -0.15) is 0 Å². The van der Waals surface area contributed by atoms with Crippen molar-refractivity contribution in [2.24, 2.45) is 0 Å². The summed E-state index contributed by atoms with van der Waals surface area (Å²) in [6.07, 6.45) is 0. The molecule has 1 heterocycles. The highest BCUT2D eigenvalue weighted by molar-refractivity contribution is 8.79. The van der Waals surface area contributed by atoms with Gasteiger partial charge in [-0.05, 0) is 70.5 Å². The summed E-state index contributed by atoms with van der Waals surface area (Å²) in [5.41, 5.74) is 2.76. The van der Waals surface area contributed by atoms with E-state index in [1.807, 2.05) is 57.0 Å². The SMILES string of the molecule is CCOc1ccc(C(C)C)c2c1SSc1c(C(C)C)ccc(OCC)c1SS2. The lowest BCUT2D eigenvalue weighted by atomic mass is 10.0. The van der Waals surface area contributed by atoms with Gasteiger partial charge in [-0.25, -0.2) is 0 Å². The second kappa shape index (κ2) is 9.96. The first-order valence-electron chi connectivity index (χ1n) is 9.76. The fraction of sp³-hybridized carbons (Fsp3) is 0.455. The topological polar surface area (TPSA) is 18.5 Å². The van der Waals surface area contributed by atoms with Crippen LogP contribution in [0.15, 0.2) is 43.8 Å². The molecule has 0 bridgehead atoms. The number of rotatable bonds is 6. The van der Waals surface area contributed by atoms with E-state index in [2.05, 4.69) is 52.0 Å². The zero-order chi connectivity index (χ0) is 20.3. The average Bonchev–Trinajstić information content (AvgIpc) is 2.63. The Labute approximate surface area is 185 Å². The summed E-state index contributed by atoms with van der Waals surface area (Å²) in [4.78, 5) is 5.15. The Balaban J connectivity index is 2.11. The van der Waals surface area contributed by atoms with Crippen molar-refractivity contribution in [2.75, 3.05) is 13.2 Å². The van der Waals surface area contributed by atoms with Crippen LogP contribution in [0.5, 0.6) is 11.5 Å². The molecular formula is C22H28O2S4. The van der Waals surface area contributed by atoms with Gasteiger partial charge in [-0.15, -0.1) is 0 Å². The van der Waals surface area contributed by atoms with Crippen molar-refractivity contribution in [1.82, 2.24) is 0 Å². The van der Waals surface area contributed by atoms with Crippen LogP contribution in [0.25, 0.3) is 0 Å². The molecule has 1 aliphatic rings. The maximum absolute atomic E-state index is 5.98. The molecule has 0 saturated carbocycles. The number of hydrogen-bond donors (Lipinski definition) is 0. The molecule has 152 valence electrons. The van der Waals surface area contributed by atoms with Crippen molar-refractivity contribution in [3.63, 3.8) is 0 Å². The van der Waals surface area contributed by atoms with Crippen molar-refractivity contribution in [3.05, 3.63) is 35.4 Å². The normalized spacial score (nSPS) is 13.7. The standard InChI is InChI=1S/C22H28O2S4/c1-7-23-17-11-9-15(13(3)4)19-21(17)27-26-20-16(14(5)6)10-12-18(24-8-2)22(20)28-25-19/h9-14H,7-8H2,1-6H3. The van der Waals surface area contributed by atoms with Crippen LogP contribution in [0.1, 0.15) is 64.5 Å². The van der Waals surface area contributed by atoms with Gasteiger partial charge < -0.3 is 9.47 Å². The molecule has 6 heteroatoms. The quantitative estimate of drug-likeness (QED) is 0.405. The van der Waals surface area contributed by atoms with Crippen LogP contribution in [0, 0.1) is 0 Å². The monoisotopic (exact) mass is 452 g/mol.